The molecule has 0 unspecified atom stereocenters. The van der Waals surface area contributed by atoms with Crippen LogP contribution in [-0.4, -0.2) is 40.7 Å². The number of benzene rings is 3. The smallest absolute Gasteiger partial charge is 0.433 e. The fourth-order valence-corrected chi connectivity index (χ4v) is 3.98. The molecule has 0 aliphatic rings. The Hall–Kier alpha value is -5.39. The summed E-state index contributed by atoms with van der Waals surface area (Å²) in [7, 11) is 2.97. The number of hydrogen-bond acceptors (Lipinski definition) is 7. The molecule has 0 aliphatic carbocycles. The quantitative estimate of drug-likeness (QED) is 0.194. The SMILES string of the molecule is COc1ccc(NC(=O)c2ccc(OC(=O)c3cc4nc(-c5ccccc5)cc(C(F)(F)F)n4n3)cc2)cc1OC. The van der Waals surface area contributed by atoms with Crippen LogP contribution in [0, 0.1) is 0 Å². The summed E-state index contributed by atoms with van der Waals surface area (Å²) in [4.78, 5) is 29.7. The number of esters is 1. The second-order valence-electron chi connectivity index (χ2n) is 8.63. The maximum absolute atomic E-state index is 13.8. The largest absolute Gasteiger partial charge is 0.493 e. The fraction of sp³-hybridized carbons (Fsp3) is 0.103. The first-order chi connectivity index (χ1) is 19.7. The van der Waals surface area contributed by atoms with Crippen LogP contribution >= 0.6 is 0 Å². The molecule has 0 bridgehead atoms. The number of nitrogens with one attached hydrogen (secondary N) is 1. The van der Waals surface area contributed by atoms with Gasteiger partial charge in [0.05, 0.1) is 19.9 Å². The zero-order valence-corrected chi connectivity index (χ0v) is 21.6. The zero-order valence-electron chi connectivity index (χ0n) is 21.6. The molecule has 1 amide bonds. The summed E-state index contributed by atoms with van der Waals surface area (Å²) in [6.07, 6.45) is -4.76. The van der Waals surface area contributed by atoms with E-state index in [1.807, 2.05) is 0 Å². The zero-order chi connectivity index (χ0) is 29.1. The van der Waals surface area contributed by atoms with E-state index in [0.29, 0.717) is 27.3 Å². The van der Waals surface area contributed by atoms with Crippen LogP contribution in [0.4, 0.5) is 18.9 Å². The minimum Gasteiger partial charge on any atom is -0.493 e. The molecule has 9 nitrogen and oxygen atoms in total. The van der Waals surface area contributed by atoms with E-state index in [4.69, 9.17) is 14.2 Å². The Morgan fingerprint density at radius 2 is 1.56 bits per heavy atom. The molecule has 2 heterocycles. The van der Waals surface area contributed by atoms with Gasteiger partial charge in [0.15, 0.2) is 28.5 Å². The minimum atomic E-state index is -4.76. The maximum Gasteiger partial charge on any atom is 0.433 e. The number of ether oxygens (including phenoxy) is 3. The summed E-state index contributed by atoms with van der Waals surface area (Å²) in [5, 5.41) is 6.53. The Balaban J connectivity index is 1.34. The highest BCUT2D eigenvalue weighted by Gasteiger charge is 2.36. The third-order valence-electron chi connectivity index (χ3n) is 5.96. The highest BCUT2D eigenvalue weighted by molar-refractivity contribution is 6.04. The van der Waals surface area contributed by atoms with Crippen molar-refractivity contribution in [2.75, 3.05) is 19.5 Å². The third kappa shape index (κ3) is 5.81. The van der Waals surface area contributed by atoms with Gasteiger partial charge < -0.3 is 19.5 Å². The van der Waals surface area contributed by atoms with Gasteiger partial charge in [-0.05, 0) is 42.5 Å². The molecule has 41 heavy (non-hydrogen) atoms. The van der Waals surface area contributed by atoms with E-state index in [2.05, 4.69) is 15.4 Å². The number of carbonyl (C=O) groups excluding carboxylic acids is 2. The van der Waals surface area contributed by atoms with Gasteiger partial charge in [0, 0.05) is 28.9 Å². The maximum atomic E-state index is 13.8. The molecule has 0 fully saturated rings. The number of fused-ring (bicyclic) bond motifs is 1. The van der Waals surface area contributed by atoms with E-state index in [-0.39, 0.29) is 28.3 Å². The summed E-state index contributed by atoms with van der Waals surface area (Å²) in [6, 6.07) is 20.8. The van der Waals surface area contributed by atoms with Gasteiger partial charge in [-0.3, -0.25) is 4.79 Å². The Labute approximate surface area is 231 Å². The van der Waals surface area contributed by atoms with E-state index >= 15 is 0 Å². The summed E-state index contributed by atoms with van der Waals surface area (Å²) >= 11 is 0. The molecule has 0 aliphatic heterocycles. The third-order valence-corrected chi connectivity index (χ3v) is 5.96. The molecule has 0 saturated heterocycles. The van der Waals surface area contributed by atoms with Crippen molar-refractivity contribution >= 4 is 23.2 Å². The first-order valence-electron chi connectivity index (χ1n) is 12.1. The van der Waals surface area contributed by atoms with Crippen molar-refractivity contribution in [2.45, 2.75) is 6.18 Å². The molecule has 0 spiro atoms. The lowest BCUT2D eigenvalue weighted by Gasteiger charge is -2.11. The number of aromatic nitrogens is 3. The average molecular weight is 563 g/mol. The van der Waals surface area contributed by atoms with Crippen LogP contribution in [0.2, 0.25) is 0 Å². The fourth-order valence-electron chi connectivity index (χ4n) is 3.98. The van der Waals surface area contributed by atoms with Crippen molar-refractivity contribution in [2.24, 2.45) is 0 Å². The lowest BCUT2D eigenvalue weighted by atomic mass is 10.1. The summed E-state index contributed by atoms with van der Waals surface area (Å²) in [6.45, 7) is 0. The van der Waals surface area contributed by atoms with E-state index in [1.54, 1.807) is 48.5 Å². The summed E-state index contributed by atoms with van der Waals surface area (Å²) < 4.78 is 57.8. The van der Waals surface area contributed by atoms with Crippen LogP contribution < -0.4 is 19.5 Å². The average Bonchev–Trinajstić information content (AvgIpc) is 3.41. The van der Waals surface area contributed by atoms with Crippen molar-refractivity contribution in [3.05, 3.63) is 102 Å². The first-order valence-corrected chi connectivity index (χ1v) is 12.1. The summed E-state index contributed by atoms with van der Waals surface area (Å²) in [5.41, 5.74) is -0.355. The van der Waals surface area contributed by atoms with Gasteiger partial charge in [-0.1, -0.05) is 30.3 Å². The monoisotopic (exact) mass is 562 g/mol. The van der Waals surface area contributed by atoms with Crippen LogP contribution in [0.1, 0.15) is 26.5 Å². The number of nitrogens with zero attached hydrogens (tertiary/aromatic N) is 3. The molecule has 0 atom stereocenters. The van der Waals surface area contributed by atoms with Gasteiger partial charge >= 0.3 is 12.1 Å². The molecular formula is C29H21F3N4O5. The topological polar surface area (TPSA) is 104 Å². The molecule has 0 radical (unpaired) electrons. The second-order valence-corrected chi connectivity index (χ2v) is 8.63. The predicted molar refractivity (Wildman–Crippen MR) is 142 cm³/mol. The second kappa shape index (κ2) is 11.0. The number of methoxy groups -OCH3 is 2. The van der Waals surface area contributed by atoms with Crippen molar-refractivity contribution in [3.8, 4) is 28.5 Å². The molecule has 0 saturated carbocycles. The first kappa shape index (κ1) is 27.2. The number of alkyl halides is 3. The van der Waals surface area contributed by atoms with Crippen LogP contribution in [0.15, 0.2) is 84.9 Å². The van der Waals surface area contributed by atoms with Crippen LogP contribution in [0.25, 0.3) is 16.9 Å². The van der Waals surface area contributed by atoms with Crippen molar-refractivity contribution in [1.29, 1.82) is 0 Å². The Kier molecular flexibility index (Phi) is 7.30. The summed E-state index contributed by atoms with van der Waals surface area (Å²) in [5.74, 6) is -0.427. The van der Waals surface area contributed by atoms with Crippen LogP contribution in [0.5, 0.6) is 17.2 Å². The molecule has 1 N–H and O–H groups in total. The van der Waals surface area contributed by atoms with E-state index in [1.165, 1.54) is 38.5 Å². The minimum absolute atomic E-state index is 0.0590. The van der Waals surface area contributed by atoms with Crippen LogP contribution in [-0.2, 0) is 6.18 Å². The standard InChI is InChI=1S/C29H21F3N4O5/c1-39-23-13-10-19(14-24(23)40-2)33-27(37)18-8-11-20(12-9-18)41-28(38)22-16-26-34-21(17-6-4-3-5-7-17)15-25(29(30,31)32)36(26)35-22/h3-16H,1-2H3,(H,33,37). The normalized spacial score (nSPS) is 11.2. The molecule has 2 aromatic heterocycles. The Morgan fingerprint density at radius 3 is 2.22 bits per heavy atom. The van der Waals surface area contributed by atoms with E-state index in [9.17, 15) is 22.8 Å². The van der Waals surface area contributed by atoms with Crippen molar-refractivity contribution in [3.63, 3.8) is 0 Å². The predicted octanol–water partition coefficient (Wildman–Crippen LogP) is 5.90. The molecule has 208 valence electrons. The lowest BCUT2D eigenvalue weighted by molar-refractivity contribution is -0.142. The highest BCUT2D eigenvalue weighted by Crippen LogP contribution is 2.33. The van der Waals surface area contributed by atoms with Crippen molar-refractivity contribution < 1.29 is 37.0 Å². The van der Waals surface area contributed by atoms with Gasteiger partial charge in [0.1, 0.15) is 5.75 Å². The van der Waals surface area contributed by atoms with Crippen LogP contribution in [0.3, 0.4) is 0 Å². The van der Waals surface area contributed by atoms with Gasteiger partial charge in [0.25, 0.3) is 5.91 Å². The molecular weight excluding hydrogens is 541 g/mol. The molecule has 5 rings (SSSR count). The number of rotatable bonds is 7. The number of amides is 1. The Bertz CT molecular complexity index is 1740. The number of carbonyl (C=O) groups is 2. The van der Waals surface area contributed by atoms with E-state index in [0.717, 1.165) is 12.1 Å². The highest BCUT2D eigenvalue weighted by atomic mass is 19.4. The molecule has 12 heteroatoms. The van der Waals surface area contributed by atoms with Gasteiger partial charge in [-0.2, -0.15) is 18.3 Å². The van der Waals surface area contributed by atoms with E-state index < -0.39 is 23.7 Å². The Morgan fingerprint density at radius 1 is 0.854 bits per heavy atom. The van der Waals surface area contributed by atoms with Gasteiger partial charge in [0.2, 0.25) is 0 Å². The molecule has 3 aromatic carbocycles. The number of halogens is 3. The van der Waals surface area contributed by atoms with Gasteiger partial charge in [-0.15, -0.1) is 0 Å². The van der Waals surface area contributed by atoms with Crippen molar-refractivity contribution in [1.82, 2.24) is 14.6 Å². The number of anilines is 1. The molecule has 5 aromatic rings. The lowest BCUT2D eigenvalue weighted by Crippen LogP contribution is -2.15. The van der Waals surface area contributed by atoms with Gasteiger partial charge in [-0.25, -0.2) is 14.3 Å². The number of hydrogen-bond donors (Lipinski definition) is 1.